The Morgan fingerprint density at radius 1 is 1.06 bits per heavy atom. The molecule has 3 aromatic heterocycles. The van der Waals surface area contributed by atoms with E-state index in [0.717, 1.165) is 59.6 Å². The van der Waals surface area contributed by atoms with Crippen LogP contribution in [0.25, 0.3) is 10.9 Å². The van der Waals surface area contributed by atoms with Crippen LogP contribution >= 0.6 is 0 Å². The van der Waals surface area contributed by atoms with Gasteiger partial charge in [0, 0.05) is 57.0 Å². The number of carbonyl (C=O) groups excluding carboxylic acids is 1. The molecule has 0 aliphatic carbocycles. The summed E-state index contributed by atoms with van der Waals surface area (Å²) in [6, 6.07) is 12.5. The molecule has 4 heterocycles. The molecule has 180 valence electrons. The van der Waals surface area contributed by atoms with Crippen LogP contribution in [-0.2, 0) is 13.1 Å². The Hall–Kier alpha value is -3.82. The van der Waals surface area contributed by atoms with Gasteiger partial charge in [-0.15, -0.1) is 0 Å². The van der Waals surface area contributed by atoms with Gasteiger partial charge >= 0.3 is 0 Å². The minimum Gasteiger partial charge on any atom is -0.354 e. The zero-order chi connectivity index (χ0) is 24.4. The summed E-state index contributed by atoms with van der Waals surface area (Å²) in [7, 11) is 0. The summed E-state index contributed by atoms with van der Waals surface area (Å²) in [5.74, 6) is 0.0866. The topological polar surface area (TPSA) is 86.5 Å². The van der Waals surface area contributed by atoms with E-state index in [9.17, 15) is 9.18 Å². The molecule has 0 bridgehead atoms. The molecule has 1 fully saturated rings. The van der Waals surface area contributed by atoms with E-state index in [-0.39, 0.29) is 11.5 Å². The van der Waals surface area contributed by atoms with Crippen molar-refractivity contribution in [3.63, 3.8) is 0 Å². The molecular weight excluding hydrogens is 447 g/mol. The number of anilines is 1. The standard InChI is InChI=1S/C26H27FN6O2/c1-18-12-21(27)6-5-19(18)16-33-17-20(22-13-23(26(34)30-35)29-14-24(22)33)15-31-8-10-32(11-9-31)25-4-2-3-7-28-25/h2-7,12-14,17,35H,8-11,15-16H2,1H3,(H,30,34). The first-order chi connectivity index (χ1) is 17.0. The molecule has 0 unspecified atom stereocenters. The fourth-order valence-corrected chi connectivity index (χ4v) is 4.64. The van der Waals surface area contributed by atoms with Crippen LogP contribution in [0.3, 0.4) is 0 Å². The molecule has 1 aliphatic rings. The monoisotopic (exact) mass is 474 g/mol. The molecule has 5 rings (SSSR count). The maximum atomic E-state index is 13.6. The fraction of sp³-hybridized carbons (Fsp3) is 0.269. The van der Waals surface area contributed by atoms with E-state index in [4.69, 9.17) is 5.21 Å². The summed E-state index contributed by atoms with van der Waals surface area (Å²) >= 11 is 0. The minimum absolute atomic E-state index is 0.150. The number of fused-ring (bicyclic) bond motifs is 1. The number of aromatic nitrogens is 3. The Labute approximate surface area is 202 Å². The van der Waals surface area contributed by atoms with E-state index in [2.05, 4.69) is 30.5 Å². The van der Waals surface area contributed by atoms with Crippen molar-refractivity contribution >= 4 is 22.6 Å². The summed E-state index contributed by atoms with van der Waals surface area (Å²) in [5, 5.41) is 9.98. The Kier molecular flexibility index (Phi) is 6.43. The van der Waals surface area contributed by atoms with Crippen LogP contribution in [0, 0.1) is 12.7 Å². The second kappa shape index (κ2) is 9.81. The predicted molar refractivity (Wildman–Crippen MR) is 131 cm³/mol. The molecular formula is C26H27FN6O2. The highest BCUT2D eigenvalue weighted by molar-refractivity contribution is 5.96. The van der Waals surface area contributed by atoms with Crippen molar-refractivity contribution in [3.8, 4) is 0 Å². The van der Waals surface area contributed by atoms with Crippen molar-refractivity contribution in [2.75, 3.05) is 31.1 Å². The van der Waals surface area contributed by atoms with Crippen LogP contribution in [0.2, 0.25) is 0 Å². The Morgan fingerprint density at radius 2 is 1.89 bits per heavy atom. The number of amides is 1. The lowest BCUT2D eigenvalue weighted by molar-refractivity contribution is 0.0701. The number of halogens is 1. The normalized spacial score (nSPS) is 14.4. The quantitative estimate of drug-likeness (QED) is 0.329. The fourth-order valence-electron chi connectivity index (χ4n) is 4.64. The third kappa shape index (κ3) is 4.87. The number of aryl methyl sites for hydroxylation is 1. The molecule has 1 amide bonds. The number of benzene rings is 1. The van der Waals surface area contributed by atoms with Crippen LogP contribution in [0.1, 0.15) is 27.2 Å². The Balaban J connectivity index is 1.42. The van der Waals surface area contributed by atoms with Crippen LogP contribution in [0.4, 0.5) is 10.2 Å². The predicted octanol–water partition coefficient (Wildman–Crippen LogP) is 3.37. The third-order valence-corrected chi connectivity index (χ3v) is 6.57. The van der Waals surface area contributed by atoms with Gasteiger partial charge in [0.05, 0.1) is 11.7 Å². The summed E-state index contributed by atoms with van der Waals surface area (Å²) < 4.78 is 15.7. The maximum Gasteiger partial charge on any atom is 0.293 e. The number of nitrogens with one attached hydrogen (secondary N) is 1. The first-order valence-electron chi connectivity index (χ1n) is 11.6. The molecule has 8 nitrogen and oxygen atoms in total. The van der Waals surface area contributed by atoms with Crippen molar-refractivity contribution in [2.45, 2.75) is 20.0 Å². The SMILES string of the molecule is Cc1cc(F)ccc1Cn1cc(CN2CCN(c3ccccn3)CC2)c2cc(C(=O)NO)ncc21. The lowest BCUT2D eigenvalue weighted by atomic mass is 10.1. The van der Waals surface area contributed by atoms with E-state index in [1.54, 1.807) is 23.8 Å². The molecule has 0 radical (unpaired) electrons. The molecule has 1 aromatic carbocycles. The smallest absolute Gasteiger partial charge is 0.293 e. The van der Waals surface area contributed by atoms with Gasteiger partial charge < -0.3 is 9.47 Å². The van der Waals surface area contributed by atoms with E-state index < -0.39 is 5.91 Å². The molecule has 35 heavy (non-hydrogen) atoms. The number of nitrogens with zero attached hydrogens (tertiary/aromatic N) is 5. The zero-order valence-corrected chi connectivity index (χ0v) is 19.5. The van der Waals surface area contributed by atoms with Crippen molar-refractivity contribution in [1.29, 1.82) is 0 Å². The van der Waals surface area contributed by atoms with Gasteiger partial charge in [0.2, 0.25) is 0 Å². The molecule has 0 spiro atoms. The number of carbonyl (C=O) groups is 1. The van der Waals surface area contributed by atoms with E-state index in [0.29, 0.717) is 13.1 Å². The third-order valence-electron chi connectivity index (χ3n) is 6.57. The molecule has 4 aromatic rings. The van der Waals surface area contributed by atoms with E-state index in [1.807, 2.05) is 31.3 Å². The van der Waals surface area contributed by atoms with Gasteiger partial charge in [-0.2, -0.15) is 0 Å². The number of hydroxylamine groups is 1. The van der Waals surface area contributed by atoms with Crippen LogP contribution in [-0.4, -0.2) is 56.7 Å². The average molecular weight is 475 g/mol. The van der Waals surface area contributed by atoms with E-state index in [1.165, 1.54) is 12.1 Å². The Bertz CT molecular complexity index is 1350. The van der Waals surface area contributed by atoms with Gasteiger partial charge in [-0.3, -0.25) is 14.9 Å². The second-order valence-corrected chi connectivity index (χ2v) is 8.83. The average Bonchev–Trinajstić information content (AvgIpc) is 3.22. The van der Waals surface area contributed by atoms with Gasteiger partial charge in [0.15, 0.2) is 0 Å². The number of hydrogen-bond donors (Lipinski definition) is 2. The lowest BCUT2D eigenvalue weighted by Crippen LogP contribution is -2.46. The lowest BCUT2D eigenvalue weighted by Gasteiger charge is -2.35. The molecule has 1 saturated heterocycles. The number of rotatable bonds is 6. The summed E-state index contributed by atoms with van der Waals surface area (Å²) in [4.78, 5) is 25.4. The van der Waals surface area contributed by atoms with Crippen LogP contribution < -0.4 is 10.4 Å². The van der Waals surface area contributed by atoms with Gasteiger partial charge in [0.25, 0.3) is 5.91 Å². The molecule has 1 aliphatic heterocycles. The minimum atomic E-state index is -0.649. The molecule has 0 saturated carbocycles. The van der Waals surface area contributed by atoms with Crippen molar-refractivity contribution in [2.24, 2.45) is 0 Å². The highest BCUT2D eigenvalue weighted by atomic mass is 19.1. The van der Waals surface area contributed by atoms with Crippen molar-refractivity contribution < 1.29 is 14.4 Å². The molecule has 2 N–H and O–H groups in total. The van der Waals surface area contributed by atoms with Gasteiger partial charge in [0.1, 0.15) is 17.3 Å². The highest BCUT2D eigenvalue weighted by Crippen LogP contribution is 2.26. The molecule has 9 heteroatoms. The van der Waals surface area contributed by atoms with Gasteiger partial charge in [-0.05, 0) is 53.9 Å². The number of hydrogen-bond acceptors (Lipinski definition) is 6. The first kappa shape index (κ1) is 22.9. The number of pyridine rings is 2. The first-order valence-corrected chi connectivity index (χ1v) is 11.6. The summed E-state index contributed by atoms with van der Waals surface area (Å²) in [6.45, 7) is 6.70. The highest BCUT2D eigenvalue weighted by Gasteiger charge is 2.21. The largest absolute Gasteiger partial charge is 0.354 e. The van der Waals surface area contributed by atoms with E-state index >= 15 is 0 Å². The Morgan fingerprint density at radius 3 is 2.60 bits per heavy atom. The molecule has 0 atom stereocenters. The van der Waals surface area contributed by atoms with Crippen LogP contribution in [0.5, 0.6) is 0 Å². The summed E-state index contributed by atoms with van der Waals surface area (Å²) in [6.07, 6.45) is 5.55. The maximum absolute atomic E-state index is 13.6. The van der Waals surface area contributed by atoms with Crippen molar-refractivity contribution in [3.05, 3.63) is 89.3 Å². The van der Waals surface area contributed by atoms with Gasteiger partial charge in [-0.25, -0.2) is 19.8 Å². The zero-order valence-electron chi connectivity index (χ0n) is 19.5. The number of piperazine rings is 1. The van der Waals surface area contributed by atoms with Gasteiger partial charge in [-0.1, -0.05) is 12.1 Å². The second-order valence-electron chi connectivity index (χ2n) is 8.83. The van der Waals surface area contributed by atoms with Crippen molar-refractivity contribution in [1.82, 2.24) is 24.9 Å². The summed E-state index contributed by atoms with van der Waals surface area (Å²) in [5.41, 5.74) is 5.65. The van der Waals surface area contributed by atoms with Crippen LogP contribution in [0.15, 0.2) is 61.1 Å².